The summed E-state index contributed by atoms with van der Waals surface area (Å²) in [5.41, 5.74) is 7.06. The van der Waals surface area contributed by atoms with E-state index in [1.54, 1.807) is 6.20 Å². The van der Waals surface area contributed by atoms with Gasteiger partial charge in [0.25, 0.3) is 0 Å². The third-order valence-electron chi connectivity index (χ3n) is 2.24. The summed E-state index contributed by atoms with van der Waals surface area (Å²) in [6.45, 7) is 0. The van der Waals surface area contributed by atoms with Gasteiger partial charge in [-0.25, -0.2) is 4.98 Å². The number of pyridine rings is 1. The normalized spacial score (nSPS) is 10.7. The Balaban J connectivity index is 0. The number of carboxylic acid groups (broad SMARTS) is 1. The van der Waals surface area contributed by atoms with Crippen molar-refractivity contribution in [3.63, 3.8) is 0 Å². The maximum Gasteiger partial charge on any atom is 0.320 e. The SMILES string of the molecule is Cl.Cl.Cl.NC(Cc1cnc2ccccn12)C(=O)O. The monoisotopic (exact) mass is 313 g/mol. The van der Waals surface area contributed by atoms with Crippen molar-refractivity contribution in [1.29, 1.82) is 0 Å². The topological polar surface area (TPSA) is 80.6 Å². The van der Waals surface area contributed by atoms with Gasteiger partial charge in [0, 0.05) is 24.5 Å². The average molecular weight is 315 g/mol. The van der Waals surface area contributed by atoms with Gasteiger partial charge in [0.2, 0.25) is 0 Å². The summed E-state index contributed by atoms with van der Waals surface area (Å²) in [5.74, 6) is -0.999. The number of carboxylic acids is 1. The van der Waals surface area contributed by atoms with E-state index >= 15 is 0 Å². The molecule has 0 aromatic carbocycles. The molecular formula is C10H14Cl3N3O2. The molecular weight excluding hydrogens is 300 g/mol. The quantitative estimate of drug-likeness (QED) is 0.901. The van der Waals surface area contributed by atoms with Gasteiger partial charge in [-0.1, -0.05) is 6.07 Å². The van der Waals surface area contributed by atoms with Gasteiger partial charge in [0.15, 0.2) is 0 Å². The first-order valence-corrected chi connectivity index (χ1v) is 4.58. The summed E-state index contributed by atoms with van der Waals surface area (Å²) in [4.78, 5) is 14.8. The highest BCUT2D eigenvalue weighted by Crippen LogP contribution is 2.07. The fourth-order valence-electron chi connectivity index (χ4n) is 1.45. The lowest BCUT2D eigenvalue weighted by Gasteiger charge is -2.05. The molecule has 3 N–H and O–H groups in total. The Hall–Kier alpha value is -1.01. The molecule has 2 aromatic heterocycles. The average Bonchev–Trinajstić information content (AvgIpc) is 2.62. The maximum atomic E-state index is 10.6. The molecule has 2 heterocycles. The van der Waals surface area contributed by atoms with Gasteiger partial charge in [-0.05, 0) is 12.1 Å². The summed E-state index contributed by atoms with van der Waals surface area (Å²) >= 11 is 0. The molecule has 1 atom stereocenters. The number of aliphatic carboxylic acids is 1. The van der Waals surface area contributed by atoms with Crippen LogP contribution in [0.3, 0.4) is 0 Å². The first-order chi connectivity index (χ1) is 7.18. The van der Waals surface area contributed by atoms with E-state index in [9.17, 15) is 4.79 Å². The molecule has 2 aromatic rings. The number of nitrogens with zero attached hydrogens (tertiary/aromatic N) is 2. The third-order valence-corrected chi connectivity index (χ3v) is 2.24. The van der Waals surface area contributed by atoms with Gasteiger partial charge in [-0.3, -0.25) is 4.79 Å². The second-order valence-corrected chi connectivity index (χ2v) is 3.33. The lowest BCUT2D eigenvalue weighted by molar-refractivity contribution is -0.138. The van der Waals surface area contributed by atoms with Crippen LogP contribution in [0, 0.1) is 0 Å². The van der Waals surface area contributed by atoms with Crippen molar-refractivity contribution in [2.24, 2.45) is 5.73 Å². The van der Waals surface area contributed by atoms with Crippen molar-refractivity contribution in [2.45, 2.75) is 12.5 Å². The second-order valence-electron chi connectivity index (χ2n) is 3.33. The van der Waals surface area contributed by atoms with Gasteiger partial charge >= 0.3 is 5.97 Å². The molecule has 0 radical (unpaired) electrons. The van der Waals surface area contributed by atoms with Crippen molar-refractivity contribution >= 4 is 48.8 Å². The Bertz CT molecular complexity index is 504. The van der Waals surface area contributed by atoms with Crippen LogP contribution in [-0.2, 0) is 11.2 Å². The minimum atomic E-state index is -0.999. The first-order valence-electron chi connectivity index (χ1n) is 4.58. The molecule has 0 aliphatic heterocycles. The number of rotatable bonds is 3. The highest BCUT2D eigenvalue weighted by Gasteiger charge is 2.14. The van der Waals surface area contributed by atoms with Crippen molar-refractivity contribution < 1.29 is 9.90 Å². The Morgan fingerprint density at radius 2 is 2.06 bits per heavy atom. The molecule has 0 saturated heterocycles. The summed E-state index contributed by atoms with van der Waals surface area (Å²) in [6.07, 6.45) is 3.77. The number of carbonyl (C=O) groups is 1. The number of hydrogen-bond donors (Lipinski definition) is 2. The zero-order chi connectivity index (χ0) is 10.8. The lowest BCUT2D eigenvalue weighted by atomic mass is 10.2. The Kier molecular flexibility index (Phi) is 8.76. The van der Waals surface area contributed by atoms with Crippen LogP contribution in [0.2, 0.25) is 0 Å². The second kappa shape index (κ2) is 8.16. The lowest BCUT2D eigenvalue weighted by Crippen LogP contribution is -2.32. The Morgan fingerprint density at radius 3 is 2.67 bits per heavy atom. The molecule has 0 fully saturated rings. The number of fused-ring (bicyclic) bond motifs is 1. The zero-order valence-corrected chi connectivity index (χ0v) is 11.7. The molecule has 0 saturated carbocycles. The minimum Gasteiger partial charge on any atom is -0.480 e. The van der Waals surface area contributed by atoms with Crippen molar-refractivity contribution in [3.8, 4) is 0 Å². The minimum absolute atomic E-state index is 0. The molecule has 1 unspecified atom stereocenters. The summed E-state index contributed by atoms with van der Waals surface area (Å²) < 4.78 is 1.84. The molecule has 0 aliphatic carbocycles. The molecule has 8 heteroatoms. The highest BCUT2D eigenvalue weighted by atomic mass is 35.5. The van der Waals surface area contributed by atoms with Crippen LogP contribution in [0.15, 0.2) is 30.6 Å². The smallest absolute Gasteiger partial charge is 0.320 e. The predicted octanol–water partition coefficient (Wildman–Crippen LogP) is 1.55. The van der Waals surface area contributed by atoms with E-state index in [0.717, 1.165) is 11.3 Å². The Morgan fingerprint density at radius 1 is 1.39 bits per heavy atom. The van der Waals surface area contributed by atoms with Crippen molar-refractivity contribution in [1.82, 2.24) is 9.38 Å². The maximum absolute atomic E-state index is 10.6. The third kappa shape index (κ3) is 4.03. The first kappa shape index (κ1) is 19.3. The van der Waals surface area contributed by atoms with Crippen LogP contribution >= 0.6 is 37.2 Å². The molecule has 5 nitrogen and oxygen atoms in total. The van der Waals surface area contributed by atoms with Gasteiger partial charge in [0.1, 0.15) is 11.7 Å². The van der Waals surface area contributed by atoms with Gasteiger partial charge < -0.3 is 15.2 Å². The summed E-state index contributed by atoms with van der Waals surface area (Å²) in [5, 5.41) is 8.70. The molecule has 2 rings (SSSR count). The summed E-state index contributed by atoms with van der Waals surface area (Å²) in [7, 11) is 0. The standard InChI is InChI=1S/C10H11N3O2.3ClH/c11-8(10(14)15)5-7-6-12-9-3-1-2-4-13(7)9;;;/h1-4,6,8H,5,11H2,(H,14,15);3*1H. The Labute approximate surface area is 123 Å². The number of nitrogens with two attached hydrogens (primary N) is 1. The predicted molar refractivity (Wildman–Crippen MR) is 76.3 cm³/mol. The molecule has 0 bridgehead atoms. The fourth-order valence-corrected chi connectivity index (χ4v) is 1.45. The molecule has 0 aliphatic rings. The van der Waals surface area contributed by atoms with E-state index < -0.39 is 12.0 Å². The molecule has 0 amide bonds. The van der Waals surface area contributed by atoms with Crippen LogP contribution in [0.5, 0.6) is 0 Å². The van der Waals surface area contributed by atoms with E-state index in [1.165, 1.54) is 0 Å². The molecule has 0 spiro atoms. The zero-order valence-electron chi connectivity index (χ0n) is 9.22. The van der Waals surface area contributed by atoms with E-state index in [0.29, 0.717) is 0 Å². The van der Waals surface area contributed by atoms with Crippen LogP contribution in [0.4, 0.5) is 0 Å². The van der Waals surface area contributed by atoms with Crippen LogP contribution in [0.1, 0.15) is 5.69 Å². The van der Waals surface area contributed by atoms with Crippen molar-refractivity contribution in [2.75, 3.05) is 0 Å². The van der Waals surface area contributed by atoms with Crippen LogP contribution in [0.25, 0.3) is 5.65 Å². The number of halogens is 3. The molecule has 18 heavy (non-hydrogen) atoms. The summed E-state index contributed by atoms with van der Waals surface area (Å²) in [6, 6.07) is 4.72. The number of imidazole rings is 1. The number of hydrogen-bond acceptors (Lipinski definition) is 3. The van der Waals surface area contributed by atoms with E-state index in [4.69, 9.17) is 10.8 Å². The van der Waals surface area contributed by atoms with E-state index in [1.807, 2.05) is 28.8 Å². The number of aromatic nitrogens is 2. The van der Waals surface area contributed by atoms with Gasteiger partial charge in [-0.15, -0.1) is 37.2 Å². The molecule has 102 valence electrons. The van der Waals surface area contributed by atoms with E-state index in [2.05, 4.69) is 4.98 Å². The van der Waals surface area contributed by atoms with E-state index in [-0.39, 0.29) is 43.6 Å². The largest absolute Gasteiger partial charge is 0.480 e. The highest BCUT2D eigenvalue weighted by molar-refractivity contribution is 5.86. The van der Waals surface area contributed by atoms with Gasteiger partial charge in [-0.2, -0.15) is 0 Å². The van der Waals surface area contributed by atoms with Crippen LogP contribution in [-0.4, -0.2) is 26.5 Å². The van der Waals surface area contributed by atoms with Crippen molar-refractivity contribution in [3.05, 3.63) is 36.3 Å². The van der Waals surface area contributed by atoms with Crippen LogP contribution < -0.4 is 5.73 Å². The van der Waals surface area contributed by atoms with Gasteiger partial charge in [0.05, 0.1) is 0 Å². The fraction of sp³-hybridized carbons (Fsp3) is 0.200.